The zero-order valence-corrected chi connectivity index (χ0v) is 9.54. The number of nitrogens with one attached hydrogen (secondary N) is 1. The maximum Gasteiger partial charge on any atom is 0.489 e. The van der Waals surface area contributed by atoms with E-state index < -0.39 is 7.12 Å². The third-order valence-electron chi connectivity index (χ3n) is 2.88. The summed E-state index contributed by atoms with van der Waals surface area (Å²) in [6, 6.07) is 14.8. The van der Waals surface area contributed by atoms with E-state index in [2.05, 4.69) is 9.97 Å². The predicted molar refractivity (Wildman–Crippen MR) is 71.4 cm³/mol. The summed E-state index contributed by atoms with van der Waals surface area (Å²) in [7, 11) is -1.51. The summed E-state index contributed by atoms with van der Waals surface area (Å²) < 4.78 is 0. The van der Waals surface area contributed by atoms with E-state index in [0.717, 1.165) is 11.0 Å². The lowest BCUT2D eigenvalue weighted by Gasteiger charge is -2.05. The highest BCUT2D eigenvalue weighted by Crippen LogP contribution is 2.18. The van der Waals surface area contributed by atoms with Crippen molar-refractivity contribution in [1.82, 2.24) is 9.97 Å². The van der Waals surface area contributed by atoms with Gasteiger partial charge in [-0.3, -0.25) is 0 Å². The molecule has 0 amide bonds. The number of H-pyrrole nitrogens is 1. The first-order chi connectivity index (χ1) is 8.75. The molecule has 1 aromatic heterocycles. The van der Waals surface area contributed by atoms with Crippen LogP contribution in [0.5, 0.6) is 0 Å². The van der Waals surface area contributed by atoms with Crippen molar-refractivity contribution >= 4 is 23.6 Å². The van der Waals surface area contributed by atoms with Gasteiger partial charge in [-0.15, -0.1) is 0 Å². The van der Waals surface area contributed by atoms with Gasteiger partial charge >= 0.3 is 7.12 Å². The third-order valence-corrected chi connectivity index (χ3v) is 2.88. The summed E-state index contributed by atoms with van der Waals surface area (Å²) in [5.74, 6) is 0.639. The van der Waals surface area contributed by atoms with Gasteiger partial charge in [-0.1, -0.05) is 36.4 Å². The number of aromatic amines is 1. The minimum atomic E-state index is -1.51. The van der Waals surface area contributed by atoms with E-state index in [1.165, 1.54) is 0 Å². The molecule has 0 aliphatic heterocycles. The van der Waals surface area contributed by atoms with Crippen molar-refractivity contribution in [2.24, 2.45) is 0 Å². The van der Waals surface area contributed by atoms with Crippen LogP contribution in [0.1, 0.15) is 0 Å². The molecule has 5 heteroatoms. The zero-order valence-electron chi connectivity index (χ0n) is 9.54. The van der Waals surface area contributed by atoms with Gasteiger partial charge in [-0.25, -0.2) is 4.98 Å². The van der Waals surface area contributed by atoms with Gasteiger partial charge in [0.15, 0.2) is 0 Å². The van der Waals surface area contributed by atoms with Gasteiger partial charge < -0.3 is 15.0 Å². The van der Waals surface area contributed by atoms with Crippen LogP contribution in [0.2, 0.25) is 0 Å². The summed E-state index contributed by atoms with van der Waals surface area (Å²) in [5.41, 5.74) is 2.92. The van der Waals surface area contributed by atoms with E-state index in [1.54, 1.807) is 12.1 Å². The van der Waals surface area contributed by atoms with Crippen molar-refractivity contribution in [3.8, 4) is 11.4 Å². The molecule has 0 saturated carbocycles. The second kappa shape index (κ2) is 4.29. The summed E-state index contributed by atoms with van der Waals surface area (Å²) in [4.78, 5) is 7.62. The number of para-hydroxylation sites is 2. The molecular weight excluding hydrogens is 227 g/mol. The van der Waals surface area contributed by atoms with Crippen molar-refractivity contribution in [1.29, 1.82) is 0 Å². The summed E-state index contributed by atoms with van der Waals surface area (Å²) >= 11 is 0. The highest BCUT2D eigenvalue weighted by Gasteiger charge is 2.18. The van der Waals surface area contributed by atoms with Crippen LogP contribution in [0.3, 0.4) is 0 Å². The topological polar surface area (TPSA) is 69.1 Å². The minimum absolute atomic E-state index is 0.441. The minimum Gasteiger partial charge on any atom is -0.423 e. The van der Waals surface area contributed by atoms with E-state index in [4.69, 9.17) is 0 Å². The molecule has 0 unspecified atom stereocenters. The Bertz CT molecular complexity index is 661. The Kier molecular flexibility index (Phi) is 2.62. The van der Waals surface area contributed by atoms with Crippen LogP contribution in [0.4, 0.5) is 0 Å². The number of aromatic nitrogens is 2. The second-order valence-corrected chi connectivity index (χ2v) is 4.06. The van der Waals surface area contributed by atoms with Crippen LogP contribution in [0, 0.1) is 0 Å². The lowest BCUT2D eigenvalue weighted by Crippen LogP contribution is -2.31. The first-order valence-electron chi connectivity index (χ1n) is 5.66. The molecule has 0 radical (unpaired) electrons. The monoisotopic (exact) mass is 238 g/mol. The Morgan fingerprint density at radius 2 is 1.67 bits per heavy atom. The summed E-state index contributed by atoms with van der Waals surface area (Å²) in [5, 5.41) is 18.7. The van der Waals surface area contributed by atoms with Crippen molar-refractivity contribution < 1.29 is 10.0 Å². The molecular formula is C13H11BN2O2. The smallest absolute Gasteiger partial charge is 0.423 e. The van der Waals surface area contributed by atoms with Crippen LogP contribution in [-0.4, -0.2) is 27.1 Å². The highest BCUT2D eigenvalue weighted by molar-refractivity contribution is 6.60. The number of nitrogens with zero attached hydrogens (tertiary/aromatic N) is 1. The van der Waals surface area contributed by atoms with Gasteiger partial charge in [-0.05, 0) is 17.6 Å². The predicted octanol–water partition coefficient (Wildman–Crippen LogP) is 0.910. The second-order valence-electron chi connectivity index (χ2n) is 4.06. The quantitative estimate of drug-likeness (QED) is 0.581. The molecule has 0 atom stereocenters. The standard InChI is InChI=1S/C13H11BN2O2/c17-14(18)10-6-2-1-5-9(10)13-15-11-7-3-4-8-12(11)16-13/h1-8,17-18H,(H,15,16). The molecule has 18 heavy (non-hydrogen) atoms. The molecule has 0 saturated heterocycles. The fourth-order valence-electron chi connectivity index (χ4n) is 2.02. The van der Waals surface area contributed by atoms with E-state index in [-0.39, 0.29) is 0 Å². The SMILES string of the molecule is OB(O)c1ccccc1-c1nc2ccccc2[nH]1. The van der Waals surface area contributed by atoms with Crippen LogP contribution >= 0.6 is 0 Å². The van der Waals surface area contributed by atoms with Crippen molar-refractivity contribution in [3.63, 3.8) is 0 Å². The number of hydrogen-bond donors (Lipinski definition) is 3. The van der Waals surface area contributed by atoms with Crippen molar-refractivity contribution in [2.45, 2.75) is 0 Å². The number of imidazole rings is 1. The lowest BCUT2D eigenvalue weighted by molar-refractivity contribution is 0.426. The van der Waals surface area contributed by atoms with Gasteiger partial charge in [0.1, 0.15) is 5.82 Å². The molecule has 88 valence electrons. The number of hydrogen-bond acceptors (Lipinski definition) is 3. The zero-order chi connectivity index (χ0) is 12.5. The Morgan fingerprint density at radius 1 is 0.944 bits per heavy atom. The van der Waals surface area contributed by atoms with Gasteiger partial charge in [0, 0.05) is 5.56 Å². The molecule has 0 bridgehead atoms. The maximum absolute atomic E-state index is 9.35. The average molecular weight is 238 g/mol. The third kappa shape index (κ3) is 1.79. The van der Waals surface area contributed by atoms with Crippen molar-refractivity contribution in [2.75, 3.05) is 0 Å². The van der Waals surface area contributed by atoms with Gasteiger partial charge in [0.05, 0.1) is 11.0 Å². The first-order valence-corrected chi connectivity index (χ1v) is 5.66. The number of benzene rings is 2. The molecule has 1 heterocycles. The largest absolute Gasteiger partial charge is 0.489 e. The molecule has 0 fully saturated rings. The molecule has 0 spiro atoms. The van der Waals surface area contributed by atoms with Crippen LogP contribution in [-0.2, 0) is 0 Å². The maximum atomic E-state index is 9.35. The average Bonchev–Trinajstić information content (AvgIpc) is 2.82. The van der Waals surface area contributed by atoms with E-state index in [0.29, 0.717) is 16.9 Å². The Hall–Kier alpha value is -2.11. The van der Waals surface area contributed by atoms with E-state index in [9.17, 15) is 10.0 Å². The normalized spacial score (nSPS) is 10.8. The molecule has 3 aromatic rings. The molecule has 2 aromatic carbocycles. The molecule has 0 aliphatic carbocycles. The fourth-order valence-corrected chi connectivity index (χ4v) is 2.02. The van der Waals surface area contributed by atoms with Gasteiger partial charge in [0.2, 0.25) is 0 Å². The highest BCUT2D eigenvalue weighted by atomic mass is 16.4. The molecule has 3 N–H and O–H groups in total. The van der Waals surface area contributed by atoms with Gasteiger partial charge in [-0.2, -0.15) is 0 Å². The fraction of sp³-hybridized carbons (Fsp3) is 0. The number of fused-ring (bicyclic) bond motifs is 1. The first kappa shape index (κ1) is 11.0. The van der Waals surface area contributed by atoms with Crippen LogP contribution in [0.25, 0.3) is 22.4 Å². The van der Waals surface area contributed by atoms with Gasteiger partial charge in [0.25, 0.3) is 0 Å². The molecule has 3 rings (SSSR count). The Balaban J connectivity index is 2.20. The van der Waals surface area contributed by atoms with Crippen LogP contribution < -0.4 is 5.46 Å². The lowest BCUT2D eigenvalue weighted by atomic mass is 9.77. The summed E-state index contributed by atoms with van der Waals surface area (Å²) in [6.07, 6.45) is 0. The number of rotatable bonds is 2. The van der Waals surface area contributed by atoms with E-state index in [1.807, 2.05) is 36.4 Å². The molecule has 4 nitrogen and oxygen atoms in total. The Morgan fingerprint density at radius 3 is 2.44 bits per heavy atom. The van der Waals surface area contributed by atoms with E-state index >= 15 is 0 Å². The van der Waals surface area contributed by atoms with Crippen LogP contribution in [0.15, 0.2) is 48.5 Å². The summed E-state index contributed by atoms with van der Waals surface area (Å²) in [6.45, 7) is 0. The molecule has 0 aliphatic rings. The van der Waals surface area contributed by atoms with Crippen molar-refractivity contribution in [3.05, 3.63) is 48.5 Å². The Labute approximate surface area is 104 Å².